The number of carbonyl (C=O) groups is 1. The Labute approximate surface area is 118 Å². The Morgan fingerprint density at radius 1 is 1.40 bits per heavy atom. The Morgan fingerprint density at radius 3 is 2.55 bits per heavy atom. The number of nitrogens with zero attached hydrogens (tertiary/aromatic N) is 5. The molecule has 0 saturated carbocycles. The van der Waals surface area contributed by atoms with Gasteiger partial charge in [0.2, 0.25) is 0 Å². The Bertz CT molecular complexity index is 544. The maximum atomic E-state index is 12.4. The molecule has 106 valence electrons. The van der Waals surface area contributed by atoms with Crippen molar-refractivity contribution in [1.29, 1.82) is 5.26 Å². The van der Waals surface area contributed by atoms with Crippen LogP contribution in [0.5, 0.6) is 0 Å². The fraction of sp³-hybridized carbons (Fsp3) is 0.643. The van der Waals surface area contributed by atoms with E-state index in [1.807, 2.05) is 11.0 Å². The molecule has 20 heavy (non-hydrogen) atoms. The molecule has 1 aromatic heterocycles. The van der Waals surface area contributed by atoms with Crippen LogP contribution in [-0.2, 0) is 0 Å². The fourth-order valence-electron chi connectivity index (χ4n) is 3.57. The van der Waals surface area contributed by atoms with E-state index in [1.54, 1.807) is 0 Å². The molecular weight excluding hydrogens is 254 g/mol. The van der Waals surface area contributed by atoms with Crippen LogP contribution in [0.2, 0.25) is 0 Å². The van der Waals surface area contributed by atoms with Gasteiger partial charge in [-0.1, -0.05) is 0 Å². The van der Waals surface area contributed by atoms with Crippen molar-refractivity contribution in [3.05, 3.63) is 18.0 Å². The molecule has 1 aromatic rings. The number of fused-ring (bicyclic) bond motifs is 2. The van der Waals surface area contributed by atoms with Crippen molar-refractivity contribution in [2.45, 2.75) is 44.8 Å². The molecule has 2 saturated heterocycles. The summed E-state index contributed by atoms with van der Waals surface area (Å²) in [5, 5.41) is 12.8. The van der Waals surface area contributed by atoms with Gasteiger partial charge in [-0.3, -0.25) is 4.90 Å². The number of likely N-dealkylation sites (tertiary alicyclic amines) is 1. The van der Waals surface area contributed by atoms with Gasteiger partial charge in [-0.05, 0) is 26.7 Å². The smallest absolute Gasteiger partial charge is 0.320 e. The van der Waals surface area contributed by atoms with E-state index in [0.717, 1.165) is 25.9 Å². The molecule has 2 aliphatic heterocycles. The van der Waals surface area contributed by atoms with Crippen molar-refractivity contribution < 1.29 is 4.79 Å². The third-order valence-electron chi connectivity index (χ3n) is 4.31. The van der Waals surface area contributed by atoms with Gasteiger partial charge in [-0.15, -0.1) is 0 Å². The predicted octanol–water partition coefficient (Wildman–Crippen LogP) is 1.28. The lowest BCUT2D eigenvalue weighted by Crippen LogP contribution is -2.57. The van der Waals surface area contributed by atoms with Gasteiger partial charge in [0.15, 0.2) is 0 Å². The standard InChI is InChI=1S/C14H19N5O/c1-10(2)19-12-3-4-13(19)9-17(8-12)14(20)18-7-11(5-15)6-16-18/h6-7,10,12-13H,3-4,8-9H2,1-2H3. The van der Waals surface area contributed by atoms with Gasteiger partial charge in [-0.2, -0.15) is 15.0 Å². The Morgan fingerprint density at radius 2 is 2.05 bits per heavy atom. The molecule has 2 fully saturated rings. The van der Waals surface area contributed by atoms with E-state index in [-0.39, 0.29) is 6.03 Å². The Hall–Kier alpha value is -1.87. The number of hydrogen-bond acceptors (Lipinski definition) is 4. The highest BCUT2D eigenvalue weighted by molar-refractivity contribution is 5.76. The molecule has 0 N–H and O–H groups in total. The first-order chi connectivity index (χ1) is 9.60. The van der Waals surface area contributed by atoms with Gasteiger partial charge in [-0.25, -0.2) is 4.79 Å². The highest BCUT2D eigenvalue weighted by Crippen LogP contribution is 2.32. The topological polar surface area (TPSA) is 65.2 Å². The normalized spacial score (nSPS) is 26.0. The summed E-state index contributed by atoms with van der Waals surface area (Å²) < 4.78 is 1.28. The van der Waals surface area contributed by atoms with Crippen molar-refractivity contribution in [1.82, 2.24) is 19.6 Å². The van der Waals surface area contributed by atoms with Crippen molar-refractivity contribution in [2.75, 3.05) is 13.1 Å². The maximum absolute atomic E-state index is 12.4. The van der Waals surface area contributed by atoms with Gasteiger partial charge in [0.25, 0.3) is 0 Å². The molecule has 2 unspecified atom stereocenters. The van der Waals surface area contributed by atoms with Crippen LogP contribution in [0.4, 0.5) is 4.79 Å². The van der Waals surface area contributed by atoms with E-state index < -0.39 is 0 Å². The summed E-state index contributed by atoms with van der Waals surface area (Å²) in [7, 11) is 0. The van der Waals surface area contributed by atoms with Crippen LogP contribution in [0, 0.1) is 11.3 Å². The second kappa shape index (κ2) is 4.91. The number of rotatable bonds is 1. The SMILES string of the molecule is CC(C)N1C2CCC1CN(C(=O)n1cc(C#N)cn1)C2. The summed E-state index contributed by atoms with van der Waals surface area (Å²) in [5.41, 5.74) is 0.419. The summed E-state index contributed by atoms with van der Waals surface area (Å²) in [4.78, 5) is 16.8. The first-order valence-electron chi connectivity index (χ1n) is 7.11. The van der Waals surface area contributed by atoms with Crippen LogP contribution in [0.25, 0.3) is 0 Å². The van der Waals surface area contributed by atoms with Crippen molar-refractivity contribution in [2.24, 2.45) is 0 Å². The second-order valence-electron chi connectivity index (χ2n) is 5.90. The first-order valence-corrected chi connectivity index (χ1v) is 7.11. The number of piperazine rings is 1. The van der Waals surface area contributed by atoms with Crippen molar-refractivity contribution >= 4 is 6.03 Å². The van der Waals surface area contributed by atoms with Crippen LogP contribution in [0.1, 0.15) is 32.3 Å². The highest BCUT2D eigenvalue weighted by Gasteiger charge is 2.42. The number of hydrogen-bond donors (Lipinski definition) is 0. The quantitative estimate of drug-likeness (QED) is 0.773. The minimum Gasteiger partial charge on any atom is -0.320 e. The lowest BCUT2D eigenvalue weighted by molar-refractivity contribution is 0.0588. The molecule has 0 radical (unpaired) electrons. The van der Waals surface area contributed by atoms with E-state index in [0.29, 0.717) is 23.7 Å². The minimum atomic E-state index is -0.119. The molecule has 0 spiro atoms. The zero-order chi connectivity index (χ0) is 14.3. The molecule has 0 aliphatic carbocycles. The summed E-state index contributed by atoms with van der Waals surface area (Å²) in [6.07, 6.45) is 5.25. The maximum Gasteiger partial charge on any atom is 0.344 e. The second-order valence-corrected chi connectivity index (χ2v) is 5.90. The molecular formula is C14H19N5O. The Balaban J connectivity index is 1.74. The monoisotopic (exact) mass is 273 g/mol. The zero-order valence-corrected chi connectivity index (χ0v) is 11.9. The van der Waals surface area contributed by atoms with Crippen molar-refractivity contribution in [3.63, 3.8) is 0 Å². The van der Waals surface area contributed by atoms with Crippen LogP contribution in [0.15, 0.2) is 12.4 Å². The Kier molecular flexibility index (Phi) is 3.22. The van der Waals surface area contributed by atoms with Gasteiger partial charge < -0.3 is 4.90 Å². The summed E-state index contributed by atoms with van der Waals surface area (Å²) in [6.45, 7) is 5.95. The van der Waals surface area contributed by atoms with E-state index in [2.05, 4.69) is 23.8 Å². The van der Waals surface area contributed by atoms with Crippen LogP contribution in [-0.4, -0.2) is 56.8 Å². The largest absolute Gasteiger partial charge is 0.344 e. The fourth-order valence-corrected chi connectivity index (χ4v) is 3.57. The molecule has 6 heteroatoms. The molecule has 2 bridgehead atoms. The number of nitriles is 1. The molecule has 1 amide bonds. The highest BCUT2D eigenvalue weighted by atomic mass is 16.2. The van der Waals surface area contributed by atoms with E-state index in [4.69, 9.17) is 5.26 Å². The lowest BCUT2D eigenvalue weighted by atomic mass is 10.1. The van der Waals surface area contributed by atoms with Gasteiger partial charge in [0.05, 0.1) is 18.0 Å². The average Bonchev–Trinajstić information content (AvgIpc) is 3.01. The van der Waals surface area contributed by atoms with Gasteiger partial charge in [0, 0.05) is 31.2 Å². The lowest BCUT2D eigenvalue weighted by Gasteiger charge is -2.42. The molecule has 0 aromatic carbocycles. The number of aromatic nitrogens is 2. The molecule has 2 aliphatic rings. The van der Waals surface area contributed by atoms with Gasteiger partial charge in [0.1, 0.15) is 6.07 Å². The summed E-state index contributed by atoms with van der Waals surface area (Å²) >= 11 is 0. The predicted molar refractivity (Wildman–Crippen MR) is 73.1 cm³/mol. The summed E-state index contributed by atoms with van der Waals surface area (Å²) in [5.74, 6) is 0. The number of carbonyl (C=O) groups excluding carboxylic acids is 1. The average molecular weight is 273 g/mol. The third-order valence-corrected chi connectivity index (χ3v) is 4.31. The minimum absolute atomic E-state index is 0.119. The van der Waals surface area contributed by atoms with Gasteiger partial charge >= 0.3 is 6.03 Å². The number of amides is 1. The van der Waals surface area contributed by atoms with E-state index in [1.165, 1.54) is 17.1 Å². The zero-order valence-electron chi connectivity index (χ0n) is 11.9. The van der Waals surface area contributed by atoms with Crippen LogP contribution >= 0.6 is 0 Å². The van der Waals surface area contributed by atoms with E-state index >= 15 is 0 Å². The molecule has 3 heterocycles. The van der Waals surface area contributed by atoms with Crippen molar-refractivity contribution in [3.8, 4) is 6.07 Å². The third kappa shape index (κ3) is 2.08. The van der Waals surface area contributed by atoms with E-state index in [9.17, 15) is 4.79 Å². The van der Waals surface area contributed by atoms with Crippen LogP contribution < -0.4 is 0 Å². The molecule has 3 rings (SSSR count). The first kappa shape index (κ1) is 13.1. The molecule has 6 nitrogen and oxygen atoms in total. The van der Waals surface area contributed by atoms with Crippen LogP contribution in [0.3, 0.4) is 0 Å². The molecule has 2 atom stereocenters. The summed E-state index contributed by atoms with van der Waals surface area (Å²) in [6, 6.07) is 3.33.